The molecule has 7 nitrogen and oxygen atoms in total. The predicted molar refractivity (Wildman–Crippen MR) is 131 cm³/mol. The van der Waals surface area contributed by atoms with Gasteiger partial charge in [0.25, 0.3) is 5.91 Å². The highest BCUT2D eigenvalue weighted by molar-refractivity contribution is 6.05. The third-order valence-corrected chi connectivity index (χ3v) is 5.95. The number of aromatic carboxylic acids is 1. The number of hydrogen-bond acceptors (Lipinski definition) is 5. The molecule has 0 spiro atoms. The molecule has 1 aliphatic heterocycles. The highest BCUT2D eigenvalue weighted by atomic mass is 16.4. The molecule has 170 valence electrons. The van der Waals surface area contributed by atoms with Crippen LogP contribution in [0.3, 0.4) is 0 Å². The molecule has 0 saturated carbocycles. The van der Waals surface area contributed by atoms with Crippen LogP contribution in [-0.4, -0.2) is 48.1 Å². The van der Waals surface area contributed by atoms with Crippen LogP contribution < -0.4 is 15.1 Å². The highest BCUT2D eigenvalue weighted by Crippen LogP contribution is 2.27. The summed E-state index contributed by atoms with van der Waals surface area (Å²) in [4.78, 5) is 33.3. The van der Waals surface area contributed by atoms with Gasteiger partial charge in [0.15, 0.2) is 0 Å². The number of carboxylic acid groups (broad SMARTS) is 1. The zero-order chi connectivity index (χ0) is 23.5. The Balaban J connectivity index is 1.49. The molecule has 3 aromatic rings. The monoisotopic (exact) mass is 444 g/mol. The second kappa shape index (κ2) is 9.32. The van der Waals surface area contributed by atoms with Gasteiger partial charge in [0.05, 0.1) is 11.9 Å². The Hall–Kier alpha value is -3.87. The van der Waals surface area contributed by atoms with Crippen molar-refractivity contribution in [2.24, 2.45) is 0 Å². The number of nitrogens with one attached hydrogen (secondary N) is 1. The standard InChI is InChI=1S/C26H28N4O3/c1-17-5-8-20(9-6-17)25(31)28-21-15-22(26(32)33)24(27-16-21)30-12-10-29(11-13-30)23-14-18(2)4-7-19(23)3/h4-9,14-16H,10-13H2,1-3H3,(H,28,31)(H,32,33). The number of piperazine rings is 1. The number of carbonyl (C=O) groups excluding carboxylic acids is 1. The summed E-state index contributed by atoms with van der Waals surface area (Å²) in [7, 11) is 0. The number of anilines is 3. The summed E-state index contributed by atoms with van der Waals surface area (Å²) < 4.78 is 0. The van der Waals surface area contributed by atoms with Crippen molar-refractivity contribution in [1.29, 1.82) is 0 Å². The molecule has 2 heterocycles. The van der Waals surface area contributed by atoms with Gasteiger partial charge in [-0.3, -0.25) is 4.79 Å². The lowest BCUT2D eigenvalue weighted by Gasteiger charge is -2.38. The van der Waals surface area contributed by atoms with Gasteiger partial charge >= 0.3 is 5.97 Å². The number of nitrogens with zero attached hydrogens (tertiary/aromatic N) is 3. The SMILES string of the molecule is Cc1ccc(C(=O)Nc2cnc(N3CCN(c4cc(C)ccc4C)CC3)c(C(=O)O)c2)cc1. The van der Waals surface area contributed by atoms with E-state index in [1.54, 1.807) is 12.1 Å². The summed E-state index contributed by atoms with van der Waals surface area (Å²) in [5.41, 5.74) is 5.67. The molecule has 1 aromatic heterocycles. The van der Waals surface area contributed by atoms with Crippen molar-refractivity contribution in [2.75, 3.05) is 41.3 Å². The Morgan fingerprint density at radius 2 is 1.52 bits per heavy atom. The van der Waals surface area contributed by atoms with Crippen LogP contribution in [0.15, 0.2) is 54.7 Å². The molecule has 0 aliphatic carbocycles. The van der Waals surface area contributed by atoms with Crippen molar-refractivity contribution in [3.63, 3.8) is 0 Å². The van der Waals surface area contributed by atoms with Gasteiger partial charge in [-0.2, -0.15) is 0 Å². The Labute approximate surface area is 193 Å². The third-order valence-electron chi connectivity index (χ3n) is 5.95. The number of aromatic nitrogens is 1. The Kier molecular flexibility index (Phi) is 6.31. The van der Waals surface area contributed by atoms with Crippen molar-refractivity contribution in [3.05, 3.63) is 82.5 Å². The number of amides is 1. The second-order valence-electron chi connectivity index (χ2n) is 8.48. The van der Waals surface area contributed by atoms with E-state index in [4.69, 9.17) is 0 Å². The van der Waals surface area contributed by atoms with Crippen LogP contribution in [-0.2, 0) is 0 Å². The molecule has 7 heteroatoms. The molecular weight excluding hydrogens is 416 g/mol. The number of carboxylic acids is 1. The second-order valence-corrected chi connectivity index (χ2v) is 8.48. The van der Waals surface area contributed by atoms with Crippen molar-refractivity contribution >= 4 is 29.1 Å². The summed E-state index contributed by atoms with van der Waals surface area (Å²) in [6.45, 7) is 9.01. The lowest BCUT2D eigenvalue weighted by molar-refractivity contribution is 0.0696. The number of aryl methyl sites for hydroxylation is 3. The van der Waals surface area contributed by atoms with E-state index in [9.17, 15) is 14.7 Å². The lowest BCUT2D eigenvalue weighted by Crippen LogP contribution is -2.47. The largest absolute Gasteiger partial charge is 0.478 e. The summed E-state index contributed by atoms with van der Waals surface area (Å²) >= 11 is 0. The van der Waals surface area contributed by atoms with Crippen molar-refractivity contribution < 1.29 is 14.7 Å². The Morgan fingerprint density at radius 1 is 0.879 bits per heavy atom. The van der Waals surface area contributed by atoms with Gasteiger partial charge in [-0.25, -0.2) is 9.78 Å². The zero-order valence-corrected chi connectivity index (χ0v) is 19.1. The van der Waals surface area contributed by atoms with Crippen LogP contribution >= 0.6 is 0 Å². The van der Waals surface area contributed by atoms with Gasteiger partial charge in [-0.05, 0) is 56.2 Å². The predicted octanol–water partition coefficient (Wildman–Crippen LogP) is 4.28. The van der Waals surface area contributed by atoms with Crippen molar-refractivity contribution in [3.8, 4) is 0 Å². The van der Waals surface area contributed by atoms with Crippen LogP contribution in [0, 0.1) is 20.8 Å². The van der Waals surface area contributed by atoms with Gasteiger partial charge in [0.1, 0.15) is 11.4 Å². The average Bonchev–Trinajstić information content (AvgIpc) is 2.81. The molecule has 1 saturated heterocycles. The quantitative estimate of drug-likeness (QED) is 0.611. The Bertz CT molecular complexity index is 1180. The number of hydrogen-bond donors (Lipinski definition) is 2. The minimum Gasteiger partial charge on any atom is -0.478 e. The van der Waals surface area contributed by atoms with Crippen molar-refractivity contribution in [2.45, 2.75) is 20.8 Å². The molecule has 0 bridgehead atoms. The van der Waals surface area contributed by atoms with Crippen LogP contribution in [0.5, 0.6) is 0 Å². The fourth-order valence-electron chi connectivity index (χ4n) is 4.06. The van der Waals surface area contributed by atoms with Gasteiger partial charge in [0, 0.05) is 37.4 Å². The van der Waals surface area contributed by atoms with Crippen LogP contribution in [0.4, 0.5) is 17.2 Å². The molecule has 1 fully saturated rings. The minimum atomic E-state index is -1.07. The smallest absolute Gasteiger partial charge is 0.339 e. The molecule has 0 radical (unpaired) electrons. The minimum absolute atomic E-state index is 0.0805. The van der Waals surface area contributed by atoms with Crippen molar-refractivity contribution in [1.82, 2.24) is 4.98 Å². The van der Waals surface area contributed by atoms with E-state index in [-0.39, 0.29) is 11.5 Å². The number of rotatable bonds is 5. The van der Waals surface area contributed by atoms with E-state index in [0.717, 1.165) is 18.7 Å². The van der Waals surface area contributed by atoms with E-state index in [0.29, 0.717) is 30.2 Å². The molecule has 2 N–H and O–H groups in total. The Morgan fingerprint density at radius 3 is 2.18 bits per heavy atom. The normalized spacial score (nSPS) is 13.7. The van der Waals surface area contributed by atoms with Gasteiger partial charge < -0.3 is 20.2 Å². The van der Waals surface area contributed by atoms with Crippen LogP contribution in [0.1, 0.15) is 37.4 Å². The van der Waals surface area contributed by atoms with Gasteiger partial charge in [0.2, 0.25) is 0 Å². The van der Waals surface area contributed by atoms with Crippen LogP contribution in [0.2, 0.25) is 0 Å². The average molecular weight is 445 g/mol. The van der Waals surface area contributed by atoms with E-state index >= 15 is 0 Å². The number of benzene rings is 2. The lowest BCUT2D eigenvalue weighted by atomic mass is 10.1. The summed E-state index contributed by atoms with van der Waals surface area (Å²) in [5.74, 6) is -0.944. The molecule has 1 amide bonds. The topological polar surface area (TPSA) is 85.8 Å². The maximum absolute atomic E-state index is 12.5. The fourth-order valence-corrected chi connectivity index (χ4v) is 4.06. The van der Waals surface area contributed by atoms with Gasteiger partial charge in [-0.15, -0.1) is 0 Å². The number of carbonyl (C=O) groups is 2. The first kappa shape index (κ1) is 22.3. The van der Waals surface area contributed by atoms with E-state index in [2.05, 4.69) is 47.2 Å². The van der Waals surface area contributed by atoms with Crippen LogP contribution in [0.25, 0.3) is 0 Å². The first-order valence-electron chi connectivity index (χ1n) is 11.0. The van der Waals surface area contributed by atoms with Gasteiger partial charge in [-0.1, -0.05) is 29.8 Å². The zero-order valence-electron chi connectivity index (χ0n) is 19.1. The summed E-state index contributed by atoms with van der Waals surface area (Å²) in [6.07, 6.45) is 1.52. The molecular formula is C26H28N4O3. The maximum atomic E-state index is 12.5. The maximum Gasteiger partial charge on any atom is 0.339 e. The highest BCUT2D eigenvalue weighted by Gasteiger charge is 2.24. The molecule has 0 atom stereocenters. The van der Waals surface area contributed by atoms with E-state index in [1.165, 1.54) is 29.1 Å². The van der Waals surface area contributed by atoms with E-state index < -0.39 is 5.97 Å². The summed E-state index contributed by atoms with van der Waals surface area (Å²) in [6, 6.07) is 15.1. The molecule has 4 rings (SSSR count). The third kappa shape index (κ3) is 4.98. The molecule has 1 aliphatic rings. The fraction of sp³-hybridized carbons (Fsp3) is 0.269. The molecule has 2 aromatic carbocycles. The number of pyridine rings is 1. The summed E-state index contributed by atoms with van der Waals surface area (Å²) in [5, 5.41) is 12.6. The first-order valence-corrected chi connectivity index (χ1v) is 11.0. The first-order chi connectivity index (χ1) is 15.8. The molecule has 0 unspecified atom stereocenters. The molecule has 33 heavy (non-hydrogen) atoms. The van der Waals surface area contributed by atoms with E-state index in [1.807, 2.05) is 24.0 Å².